The maximum Gasteiger partial charge on any atom is 0.0708 e. The van der Waals surface area contributed by atoms with E-state index in [0.29, 0.717) is 23.7 Å². The lowest BCUT2D eigenvalue weighted by atomic mass is 9.88. The lowest BCUT2D eigenvalue weighted by molar-refractivity contribution is 0.734. The second-order valence-corrected chi connectivity index (χ2v) is 17.0. The molecule has 0 spiro atoms. The number of benzene rings is 6. The second-order valence-electron chi connectivity index (χ2n) is 17.0. The fraction of sp³-hybridized carbons (Fsp3) is 0.309. The molecule has 2 heteroatoms. The molecule has 288 valence electrons. The number of hydrogen-bond donors (Lipinski definition) is 0. The summed E-state index contributed by atoms with van der Waals surface area (Å²) in [4.78, 5) is 10.2. The highest BCUT2D eigenvalue weighted by molar-refractivity contribution is 5.96. The highest BCUT2D eigenvalue weighted by Crippen LogP contribution is 2.37. The number of nitrogens with zero attached hydrogens (tertiary/aromatic N) is 2. The molecule has 57 heavy (non-hydrogen) atoms. The van der Waals surface area contributed by atoms with Gasteiger partial charge in [0, 0.05) is 34.3 Å². The van der Waals surface area contributed by atoms with Crippen LogP contribution in [-0.4, -0.2) is 9.97 Å². The van der Waals surface area contributed by atoms with Crippen LogP contribution in [0.5, 0.6) is 0 Å². The van der Waals surface area contributed by atoms with Crippen molar-refractivity contribution in [2.24, 2.45) is 0 Å². The monoisotopic (exact) mass is 746 g/mol. The van der Waals surface area contributed by atoms with E-state index in [0.717, 1.165) is 43.5 Å². The lowest BCUT2D eigenvalue weighted by Crippen LogP contribution is -1.98. The SMILES string of the molecule is CCC(C)c1ccc2cnc(-c3cc(Cc4cc(-c5cc6cc(C(C)CC)ccc6cn5)cc5cc(C(C)CC)ccc45)c4ccc(C(C)CC)cc4c3)cc2c1. The van der Waals surface area contributed by atoms with Crippen LogP contribution in [0, 0.1) is 0 Å². The van der Waals surface area contributed by atoms with Gasteiger partial charge in [0.1, 0.15) is 0 Å². The van der Waals surface area contributed by atoms with Crippen molar-refractivity contribution in [1.82, 2.24) is 9.97 Å². The molecule has 0 amide bonds. The molecule has 0 aliphatic heterocycles. The Labute approximate surface area is 340 Å². The van der Waals surface area contributed by atoms with Crippen molar-refractivity contribution in [3.8, 4) is 22.5 Å². The molecular weight excluding hydrogens is 689 g/mol. The van der Waals surface area contributed by atoms with Crippen LogP contribution < -0.4 is 0 Å². The molecule has 0 N–H and O–H groups in total. The minimum Gasteiger partial charge on any atom is -0.256 e. The summed E-state index contributed by atoms with van der Waals surface area (Å²) in [5, 5.41) is 10.1. The zero-order chi connectivity index (χ0) is 39.8. The first kappa shape index (κ1) is 38.5. The molecule has 0 aliphatic rings. The molecular formula is C55H58N2. The van der Waals surface area contributed by atoms with Gasteiger partial charge in [-0.3, -0.25) is 9.97 Å². The van der Waals surface area contributed by atoms with E-state index >= 15 is 0 Å². The smallest absolute Gasteiger partial charge is 0.0708 e. The molecule has 0 fully saturated rings. The van der Waals surface area contributed by atoms with Crippen molar-refractivity contribution in [3.63, 3.8) is 0 Å². The van der Waals surface area contributed by atoms with Crippen LogP contribution in [0.2, 0.25) is 0 Å². The highest BCUT2D eigenvalue weighted by atomic mass is 14.7. The fourth-order valence-corrected chi connectivity index (χ4v) is 8.53. The van der Waals surface area contributed by atoms with E-state index in [4.69, 9.17) is 9.97 Å². The fourth-order valence-electron chi connectivity index (χ4n) is 8.53. The minimum atomic E-state index is 0.496. The standard InChI is InChI=1S/C55H58N2/c1-9-34(5)38-13-15-42-32-56-54(30-44(42)21-38)50-26-46-23-40(36(7)11-3)17-19-52(46)48(28-50)25-49-29-51(27-47-24-41(37(8)12-4)18-20-53(47)49)55-31-45-22-39(35(6)10-2)14-16-43(45)33-57-55/h13-24,26-37H,9-12,25H2,1-8H3. The molecule has 8 rings (SSSR count). The summed E-state index contributed by atoms with van der Waals surface area (Å²) in [7, 11) is 0. The van der Waals surface area contributed by atoms with Crippen molar-refractivity contribution in [2.75, 3.05) is 0 Å². The van der Waals surface area contributed by atoms with Gasteiger partial charge in [-0.05, 0) is 158 Å². The molecule has 0 saturated carbocycles. The predicted octanol–water partition coefficient (Wildman–Crippen LogP) is 16.1. The number of fused-ring (bicyclic) bond motifs is 4. The number of hydrogen-bond acceptors (Lipinski definition) is 2. The van der Waals surface area contributed by atoms with E-state index in [1.165, 1.54) is 87.6 Å². The first-order valence-electron chi connectivity index (χ1n) is 21.6. The molecule has 2 heterocycles. The van der Waals surface area contributed by atoms with Crippen LogP contribution in [0.1, 0.15) is 138 Å². The molecule has 8 aromatic rings. The van der Waals surface area contributed by atoms with Crippen LogP contribution in [0.25, 0.3) is 65.6 Å². The van der Waals surface area contributed by atoms with Crippen LogP contribution in [-0.2, 0) is 6.42 Å². The number of pyridine rings is 2. The van der Waals surface area contributed by atoms with Gasteiger partial charge in [-0.1, -0.05) is 128 Å². The van der Waals surface area contributed by atoms with E-state index in [1.54, 1.807) is 0 Å². The quantitative estimate of drug-likeness (QED) is 0.124. The van der Waals surface area contributed by atoms with Crippen molar-refractivity contribution in [3.05, 3.63) is 155 Å². The molecule has 6 aromatic carbocycles. The Kier molecular flexibility index (Phi) is 11.0. The average molecular weight is 747 g/mol. The van der Waals surface area contributed by atoms with Gasteiger partial charge in [-0.15, -0.1) is 0 Å². The van der Waals surface area contributed by atoms with E-state index < -0.39 is 0 Å². The summed E-state index contributed by atoms with van der Waals surface area (Å²) in [5.41, 5.74) is 12.6. The number of rotatable bonds is 12. The summed E-state index contributed by atoms with van der Waals surface area (Å²) >= 11 is 0. The Morgan fingerprint density at radius 2 is 0.719 bits per heavy atom. The third-order valence-electron chi connectivity index (χ3n) is 13.3. The van der Waals surface area contributed by atoms with Gasteiger partial charge in [0.15, 0.2) is 0 Å². The second kappa shape index (κ2) is 16.3. The maximum absolute atomic E-state index is 5.08. The van der Waals surface area contributed by atoms with E-state index in [-0.39, 0.29) is 0 Å². The van der Waals surface area contributed by atoms with Gasteiger partial charge < -0.3 is 0 Å². The zero-order valence-electron chi connectivity index (χ0n) is 35.3. The molecule has 2 aromatic heterocycles. The number of aromatic nitrogens is 2. The Hall–Kier alpha value is -5.34. The molecule has 4 unspecified atom stereocenters. The summed E-state index contributed by atoms with van der Waals surface area (Å²) in [6.07, 6.45) is 9.39. The van der Waals surface area contributed by atoms with Gasteiger partial charge >= 0.3 is 0 Å². The van der Waals surface area contributed by atoms with Gasteiger partial charge in [-0.25, -0.2) is 0 Å². The summed E-state index contributed by atoms with van der Waals surface area (Å²) in [6, 6.07) is 42.2. The Morgan fingerprint density at radius 1 is 0.368 bits per heavy atom. The first-order chi connectivity index (χ1) is 27.7. The third kappa shape index (κ3) is 7.72. The summed E-state index contributed by atoms with van der Waals surface area (Å²) in [5.74, 6) is 2.04. The largest absolute Gasteiger partial charge is 0.256 e. The summed E-state index contributed by atoms with van der Waals surface area (Å²) in [6.45, 7) is 18.4. The van der Waals surface area contributed by atoms with E-state index in [2.05, 4.69) is 177 Å². The van der Waals surface area contributed by atoms with Crippen LogP contribution in [0.15, 0.2) is 122 Å². The minimum absolute atomic E-state index is 0.496. The highest BCUT2D eigenvalue weighted by Gasteiger charge is 2.16. The third-order valence-corrected chi connectivity index (χ3v) is 13.3. The molecule has 0 saturated heterocycles. The van der Waals surface area contributed by atoms with Gasteiger partial charge in [0.2, 0.25) is 0 Å². The maximum atomic E-state index is 5.08. The van der Waals surface area contributed by atoms with Crippen LogP contribution in [0.4, 0.5) is 0 Å². The molecule has 0 radical (unpaired) electrons. The lowest BCUT2D eigenvalue weighted by Gasteiger charge is -2.17. The van der Waals surface area contributed by atoms with Crippen molar-refractivity contribution in [2.45, 2.75) is 111 Å². The van der Waals surface area contributed by atoms with E-state index in [1.807, 2.05) is 0 Å². The predicted molar refractivity (Wildman–Crippen MR) is 247 cm³/mol. The first-order valence-corrected chi connectivity index (χ1v) is 21.6. The summed E-state index contributed by atoms with van der Waals surface area (Å²) < 4.78 is 0. The Balaban J connectivity index is 1.30. The zero-order valence-corrected chi connectivity index (χ0v) is 35.3. The van der Waals surface area contributed by atoms with Crippen LogP contribution in [0.3, 0.4) is 0 Å². The average Bonchev–Trinajstić information content (AvgIpc) is 3.26. The molecule has 4 atom stereocenters. The van der Waals surface area contributed by atoms with Crippen LogP contribution >= 0.6 is 0 Å². The van der Waals surface area contributed by atoms with Gasteiger partial charge in [0.05, 0.1) is 11.4 Å². The molecule has 0 bridgehead atoms. The van der Waals surface area contributed by atoms with Crippen molar-refractivity contribution < 1.29 is 0 Å². The normalized spacial score (nSPS) is 14.0. The van der Waals surface area contributed by atoms with Crippen molar-refractivity contribution >= 4 is 43.1 Å². The van der Waals surface area contributed by atoms with Crippen molar-refractivity contribution in [1.29, 1.82) is 0 Å². The Bertz CT molecular complexity index is 2550. The Morgan fingerprint density at radius 3 is 1.09 bits per heavy atom. The van der Waals surface area contributed by atoms with E-state index in [9.17, 15) is 0 Å². The van der Waals surface area contributed by atoms with Gasteiger partial charge in [-0.2, -0.15) is 0 Å². The molecule has 0 aliphatic carbocycles. The molecule has 2 nitrogen and oxygen atoms in total. The van der Waals surface area contributed by atoms with Gasteiger partial charge in [0.25, 0.3) is 0 Å². The topological polar surface area (TPSA) is 25.8 Å².